The van der Waals surface area contributed by atoms with Gasteiger partial charge in [-0.2, -0.15) is 0 Å². The summed E-state index contributed by atoms with van der Waals surface area (Å²) < 4.78 is 43.8. The van der Waals surface area contributed by atoms with E-state index in [1.54, 1.807) is 13.8 Å². The molecule has 3 saturated carbocycles. The van der Waals surface area contributed by atoms with Gasteiger partial charge in [0.15, 0.2) is 17.1 Å². The predicted octanol–water partition coefficient (Wildman–Crippen LogP) is 4.20. The molecule has 1 heterocycles. The lowest BCUT2D eigenvalue weighted by Crippen LogP contribution is -2.70. The summed E-state index contributed by atoms with van der Waals surface area (Å²) in [6, 6.07) is 2.91. The fourth-order valence-electron chi connectivity index (χ4n) is 7.83. The SMILES string of the molecule is C[C@@H]1CC2C3C[C@H](F)C4=CC(=O)C=CC4(C)[C@@]3(F)C(O)C[C@]2(C)[C@@]1(OC(=O)c1ccco1)C(=O)S. The molecule has 4 aliphatic rings. The minimum absolute atomic E-state index is 0.0261. The number of furan rings is 1. The smallest absolute Gasteiger partial charge is 0.375 e. The maximum absolute atomic E-state index is 17.3. The number of ketones is 1. The number of esters is 1. The molecular formula is C26H28F2O6S. The third-order valence-electron chi connectivity index (χ3n) is 9.46. The number of thiol groups is 1. The number of aliphatic hydroxyl groups is 1. The van der Waals surface area contributed by atoms with Crippen LogP contribution in [0.2, 0.25) is 0 Å². The van der Waals surface area contributed by atoms with Gasteiger partial charge in [0.1, 0.15) is 6.17 Å². The third kappa shape index (κ3) is 2.88. The first-order chi connectivity index (χ1) is 16.3. The molecule has 1 N–H and O–H groups in total. The summed E-state index contributed by atoms with van der Waals surface area (Å²) in [4.78, 5) is 38.0. The summed E-state index contributed by atoms with van der Waals surface area (Å²) in [5.41, 5.74) is -6.80. The normalized spacial score (nSPS) is 46.3. The number of ether oxygens (including phenoxy) is 1. The van der Waals surface area contributed by atoms with E-state index in [-0.39, 0.29) is 30.6 Å². The number of alkyl halides is 2. The van der Waals surface area contributed by atoms with Crippen molar-refractivity contribution in [3.63, 3.8) is 0 Å². The Morgan fingerprint density at radius 1 is 1.26 bits per heavy atom. The molecule has 0 bridgehead atoms. The Morgan fingerprint density at radius 3 is 2.60 bits per heavy atom. The summed E-state index contributed by atoms with van der Waals surface area (Å²) in [5, 5.41) is 10.7. The van der Waals surface area contributed by atoms with Crippen LogP contribution in [0.5, 0.6) is 0 Å². The van der Waals surface area contributed by atoms with Crippen molar-refractivity contribution in [1.29, 1.82) is 0 Å². The number of carbonyl (C=O) groups excluding carboxylic acids is 3. The maximum atomic E-state index is 17.3. The van der Waals surface area contributed by atoms with Crippen molar-refractivity contribution in [3.8, 4) is 0 Å². The van der Waals surface area contributed by atoms with Gasteiger partial charge in [-0.3, -0.25) is 9.59 Å². The van der Waals surface area contributed by atoms with Crippen LogP contribution in [0.3, 0.4) is 0 Å². The van der Waals surface area contributed by atoms with E-state index in [1.807, 2.05) is 0 Å². The fourth-order valence-corrected chi connectivity index (χ4v) is 8.35. The number of rotatable bonds is 3. The van der Waals surface area contributed by atoms with Gasteiger partial charge in [0.05, 0.1) is 12.4 Å². The number of hydrogen-bond donors (Lipinski definition) is 2. The van der Waals surface area contributed by atoms with Crippen LogP contribution in [-0.4, -0.2) is 45.5 Å². The third-order valence-corrected chi connectivity index (χ3v) is 9.79. The molecule has 9 atom stereocenters. The molecule has 4 unspecified atom stereocenters. The average Bonchev–Trinajstić information content (AvgIpc) is 3.39. The first-order valence-electron chi connectivity index (χ1n) is 11.8. The van der Waals surface area contributed by atoms with Gasteiger partial charge < -0.3 is 14.3 Å². The fraction of sp³-hybridized carbons (Fsp3) is 0.577. The van der Waals surface area contributed by atoms with Crippen molar-refractivity contribution >= 4 is 29.5 Å². The van der Waals surface area contributed by atoms with Crippen LogP contribution in [0.4, 0.5) is 8.78 Å². The molecule has 35 heavy (non-hydrogen) atoms. The van der Waals surface area contributed by atoms with Gasteiger partial charge in [-0.15, -0.1) is 12.6 Å². The highest BCUT2D eigenvalue weighted by Crippen LogP contribution is 2.71. The zero-order valence-electron chi connectivity index (χ0n) is 19.7. The number of hydrogen-bond acceptors (Lipinski definition) is 6. The lowest BCUT2D eigenvalue weighted by molar-refractivity contribution is -0.221. The largest absolute Gasteiger partial charge is 0.457 e. The zero-order valence-corrected chi connectivity index (χ0v) is 20.6. The molecule has 0 aliphatic heterocycles. The Bertz CT molecular complexity index is 1160. The van der Waals surface area contributed by atoms with Crippen LogP contribution in [0, 0.1) is 28.6 Å². The van der Waals surface area contributed by atoms with E-state index in [0.29, 0.717) is 0 Å². The van der Waals surface area contributed by atoms with Gasteiger partial charge in [-0.1, -0.05) is 19.9 Å². The predicted molar refractivity (Wildman–Crippen MR) is 124 cm³/mol. The summed E-state index contributed by atoms with van der Waals surface area (Å²) in [6.45, 7) is 4.93. The highest BCUT2D eigenvalue weighted by Gasteiger charge is 2.78. The number of carbonyl (C=O) groups is 3. The lowest BCUT2D eigenvalue weighted by atomic mass is 9.44. The molecule has 6 nitrogen and oxygen atoms in total. The number of fused-ring (bicyclic) bond motifs is 5. The van der Waals surface area contributed by atoms with E-state index >= 15 is 8.78 Å². The molecular weight excluding hydrogens is 478 g/mol. The van der Waals surface area contributed by atoms with E-state index in [9.17, 15) is 19.5 Å². The molecule has 0 saturated heterocycles. The molecule has 0 radical (unpaired) electrons. The summed E-state index contributed by atoms with van der Waals surface area (Å²) in [7, 11) is 0. The van der Waals surface area contributed by atoms with Crippen LogP contribution >= 0.6 is 12.6 Å². The van der Waals surface area contributed by atoms with Crippen LogP contribution in [0.25, 0.3) is 0 Å². The minimum atomic E-state index is -2.29. The van der Waals surface area contributed by atoms with E-state index in [1.165, 1.54) is 37.5 Å². The molecule has 0 spiro atoms. The van der Waals surface area contributed by atoms with E-state index in [2.05, 4.69) is 12.6 Å². The zero-order chi connectivity index (χ0) is 25.6. The van der Waals surface area contributed by atoms with Gasteiger partial charge >= 0.3 is 5.97 Å². The van der Waals surface area contributed by atoms with Gasteiger partial charge in [0.25, 0.3) is 0 Å². The Labute approximate surface area is 207 Å². The van der Waals surface area contributed by atoms with E-state index < -0.39 is 69.0 Å². The van der Waals surface area contributed by atoms with Gasteiger partial charge in [-0.05, 0) is 62.0 Å². The van der Waals surface area contributed by atoms with Crippen molar-refractivity contribution in [3.05, 3.63) is 48.0 Å². The Hall–Kier alpha value is -2.26. The van der Waals surface area contributed by atoms with Crippen molar-refractivity contribution in [2.45, 2.75) is 63.6 Å². The highest BCUT2D eigenvalue weighted by atomic mass is 32.1. The minimum Gasteiger partial charge on any atom is -0.457 e. The molecule has 188 valence electrons. The molecule has 3 fully saturated rings. The molecule has 1 aromatic rings. The molecule has 0 aromatic carbocycles. The number of halogens is 2. The summed E-state index contributed by atoms with van der Waals surface area (Å²) in [6.07, 6.45) is 1.58. The first-order valence-corrected chi connectivity index (χ1v) is 12.2. The maximum Gasteiger partial charge on any atom is 0.375 e. The standard InChI is InChI=1S/C26H28F2O6S/c1-13-9-15-16-11-18(27)17-10-14(29)6-7-23(17,2)25(16,28)20(30)12-24(15,3)26(13,22(32)35)34-21(31)19-5-4-8-33-19/h4-8,10,13,15-16,18,20,30H,9,11-12H2,1-3H3,(H,32,35)/t13-,15?,16?,18+,20?,23?,24+,25+,26+/m1/s1. The second-order valence-corrected chi connectivity index (χ2v) is 11.3. The van der Waals surface area contributed by atoms with Gasteiger partial charge in [0.2, 0.25) is 10.9 Å². The van der Waals surface area contributed by atoms with Crippen LogP contribution in [-0.2, 0) is 14.3 Å². The van der Waals surface area contributed by atoms with Crippen LogP contribution in [0.1, 0.15) is 50.6 Å². The van der Waals surface area contributed by atoms with Crippen molar-refractivity contribution in [2.75, 3.05) is 0 Å². The highest BCUT2D eigenvalue weighted by molar-refractivity contribution is 7.96. The van der Waals surface area contributed by atoms with E-state index in [4.69, 9.17) is 9.15 Å². The van der Waals surface area contributed by atoms with Gasteiger partial charge in [0, 0.05) is 22.7 Å². The molecule has 9 heteroatoms. The molecule has 0 amide bonds. The van der Waals surface area contributed by atoms with Crippen LogP contribution in [0.15, 0.2) is 46.6 Å². The quantitative estimate of drug-likeness (QED) is 0.472. The van der Waals surface area contributed by atoms with Crippen molar-refractivity contribution in [2.24, 2.45) is 28.6 Å². The average molecular weight is 507 g/mol. The summed E-state index contributed by atoms with van der Waals surface area (Å²) in [5.74, 6) is -3.57. The van der Waals surface area contributed by atoms with Crippen molar-refractivity contribution < 1.29 is 37.4 Å². The molecule has 1 aromatic heterocycles. The number of aliphatic hydroxyl groups excluding tert-OH is 1. The van der Waals surface area contributed by atoms with Gasteiger partial charge in [-0.25, -0.2) is 13.6 Å². The molecule has 5 rings (SSSR count). The lowest BCUT2D eigenvalue weighted by Gasteiger charge is -2.63. The van der Waals surface area contributed by atoms with Crippen LogP contribution < -0.4 is 0 Å². The van der Waals surface area contributed by atoms with Crippen molar-refractivity contribution in [1.82, 2.24) is 0 Å². The Balaban J connectivity index is 1.62. The topological polar surface area (TPSA) is 93.8 Å². The summed E-state index contributed by atoms with van der Waals surface area (Å²) >= 11 is 4.11. The first kappa shape index (κ1) is 24.4. The number of allylic oxidation sites excluding steroid dienone is 4. The second kappa shape index (κ2) is 7.62. The monoisotopic (exact) mass is 506 g/mol. The molecule has 4 aliphatic carbocycles. The Morgan fingerprint density at radius 2 is 1.97 bits per heavy atom. The van der Waals surface area contributed by atoms with E-state index in [0.717, 1.165) is 6.08 Å². The Kier molecular flexibility index (Phi) is 5.32. The second-order valence-electron chi connectivity index (χ2n) is 10.9.